The summed E-state index contributed by atoms with van der Waals surface area (Å²) in [7, 11) is 0. The van der Waals surface area contributed by atoms with Gasteiger partial charge in [-0.15, -0.1) is 12.4 Å². The number of likely N-dealkylation sites (tertiary alicyclic amines) is 1. The van der Waals surface area contributed by atoms with Gasteiger partial charge in [-0.1, -0.05) is 25.1 Å². The molecule has 2 rings (SSSR count). The predicted octanol–water partition coefficient (Wildman–Crippen LogP) is 3.43. The number of rotatable bonds is 4. The number of hydrogen-bond donors (Lipinski definition) is 1. The van der Waals surface area contributed by atoms with E-state index in [9.17, 15) is 18.0 Å². The minimum Gasteiger partial charge on any atom is -0.342 e. The lowest BCUT2D eigenvalue weighted by molar-refractivity contribution is -0.139. The number of hydrogen-bond acceptors (Lipinski definition) is 2. The van der Waals surface area contributed by atoms with E-state index < -0.39 is 17.7 Å². The second-order valence-corrected chi connectivity index (χ2v) is 5.92. The third kappa shape index (κ3) is 4.85. The van der Waals surface area contributed by atoms with Crippen molar-refractivity contribution in [1.82, 2.24) is 4.90 Å². The fourth-order valence-corrected chi connectivity index (χ4v) is 2.94. The van der Waals surface area contributed by atoms with Crippen LogP contribution >= 0.6 is 12.4 Å². The van der Waals surface area contributed by atoms with E-state index in [1.165, 1.54) is 12.1 Å². The largest absolute Gasteiger partial charge is 0.416 e. The zero-order valence-corrected chi connectivity index (χ0v) is 13.8. The molecule has 1 aliphatic rings. The Labute approximate surface area is 140 Å². The Balaban J connectivity index is 0.00000264. The van der Waals surface area contributed by atoms with Gasteiger partial charge in [-0.2, -0.15) is 13.2 Å². The van der Waals surface area contributed by atoms with Gasteiger partial charge in [-0.25, -0.2) is 0 Å². The highest BCUT2D eigenvalue weighted by atomic mass is 35.5. The standard InChI is InChI=1S/C16H21F3N2O.ClH/c1-11(8-15(22)21-7-6-12(9-20)10-21)13-4-2-3-5-14(13)16(17,18)19;/h2-5,11-12H,6-10,20H2,1H3;1H. The number of alkyl halides is 3. The van der Waals surface area contributed by atoms with Gasteiger partial charge in [0.2, 0.25) is 5.91 Å². The van der Waals surface area contributed by atoms with Crippen molar-refractivity contribution in [3.8, 4) is 0 Å². The van der Waals surface area contributed by atoms with Crippen molar-refractivity contribution >= 4 is 18.3 Å². The van der Waals surface area contributed by atoms with Gasteiger partial charge in [0.15, 0.2) is 0 Å². The summed E-state index contributed by atoms with van der Waals surface area (Å²) >= 11 is 0. The topological polar surface area (TPSA) is 46.3 Å². The van der Waals surface area contributed by atoms with Gasteiger partial charge in [0, 0.05) is 19.5 Å². The molecule has 0 aromatic heterocycles. The third-order valence-electron chi connectivity index (χ3n) is 4.25. The molecule has 0 saturated carbocycles. The van der Waals surface area contributed by atoms with Gasteiger partial charge in [0.05, 0.1) is 5.56 Å². The van der Waals surface area contributed by atoms with Crippen molar-refractivity contribution in [2.75, 3.05) is 19.6 Å². The normalized spacial score (nSPS) is 19.3. The lowest BCUT2D eigenvalue weighted by atomic mass is 9.92. The van der Waals surface area contributed by atoms with Crippen LogP contribution < -0.4 is 5.73 Å². The molecule has 1 aliphatic heterocycles. The summed E-state index contributed by atoms with van der Waals surface area (Å²) in [6, 6.07) is 5.46. The zero-order valence-electron chi connectivity index (χ0n) is 13.0. The van der Waals surface area contributed by atoms with Gasteiger partial charge in [0.1, 0.15) is 0 Å². The molecule has 130 valence electrons. The number of carbonyl (C=O) groups excluding carboxylic acids is 1. The maximum absolute atomic E-state index is 13.0. The lowest BCUT2D eigenvalue weighted by Crippen LogP contribution is -2.30. The first kappa shape index (κ1) is 19.8. The highest BCUT2D eigenvalue weighted by Gasteiger charge is 2.35. The number of halogens is 4. The van der Waals surface area contributed by atoms with E-state index in [0.29, 0.717) is 25.6 Å². The first-order chi connectivity index (χ1) is 10.3. The molecule has 7 heteroatoms. The van der Waals surface area contributed by atoms with Crippen molar-refractivity contribution in [2.24, 2.45) is 11.7 Å². The van der Waals surface area contributed by atoms with E-state index in [1.54, 1.807) is 17.9 Å². The van der Waals surface area contributed by atoms with Crippen molar-refractivity contribution < 1.29 is 18.0 Å². The monoisotopic (exact) mass is 350 g/mol. The Morgan fingerprint density at radius 3 is 2.61 bits per heavy atom. The summed E-state index contributed by atoms with van der Waals surface area (Å²) in [6.45, 7) is 3.46. The maximum Gasteiger partial charge on any atom is 0.416 e. The van der Waals surface area contributed by atoms with Crippen LogP contribution in [0.3, 0.4) is 0 Å². The molecule has 2 atom stereocenters. The second-order valence-electron chi connectivity index (χ2n) is 5.92. The molecule has 1 aromatic rings. The molecule has 2 N–H and O–H groups in total. The van der Waals surface area contributed by atoms with Crippen molar-refractivity contribution in [3.05, 3.63) is 35.4 Å². The molecule has 1 aromatic carbocycles. The van der Waals surface area contributed by atoms with Crippen LogP contribution in [-0.4, -0.2) is 30.4 Å². The van der Waals surface area contributed by atoms with Crippen LogP contribution in [0.1, 0.15) is 36.8 Å². The van der Waals surface area contributed by atoms with Gasteiger partial charge < -0.3 is 10.6 Å². The van der Waals surface area contributed by atoms with Crippen LogP contribution in [0.2, 0.25) is 0 Å². The molecule has 1 amide bonds. The van der Waals surface area contributed by atoms with Crippen LogP contribution in [0, 0.1) is 5.92 Å². The Hall–Kier alpha value is -1.27. The summed E-state index contributed by atoms with van der Waals surface area (Å²) in [5.74, 6) is -0.260. The lowest BCUT2D eigenvalue weighted by Gasteiger charge is -2.21. The highest BCUT2D eigenvalue weighted by Crippen LogP contribution is 2.36. The SMILES string of the molecule is CC(CC(=O)N1CCC(CN)C1)c1ccccc1C(F)(F)F.Cl. The van der Waals surface area contributed by atoms with E-state index in [4.69, 9.17) is 5.73 Å². The number of benzene rings is 1. The minimum atomic E-state index is -4.40. The van der Waals surface area contributed by atoms with Crippen LogP contribution in [0.4, 0.5) is 13.2 Å². The Morgan fingerprint density at radius 1 is 1.39 bits per heavy atom. The van der Waals surface area contributed by atoms with Gasteiger partial charge in [0.25, 0.3) is 0 Å². The van der Waals surface area contributed by atoms with E-state index in [-0.39, 0.29) is 30.3 Å². The smallest absolute Gasteiger partial charge is 0.342 e. The molecule has 23 heavy (non-hydrogen) atoms. The molecule has 3 nitrogen and oxygen atoms in total. The summed E-state index contributed by atoms with van der Waals surface area (Å²) in [5.41, 5.74) is 5.12. The maximum atomic E-state index is 13.0. The number of nitrogens with zero attached hydrogens (tertiary/aromatic N) is 1. The average Bonchev–Trinajstić information content (AvgIpc) is 2.95. The van der Waals surface area contributed by atoms with E-state index in [0.717, 1.165) is 12.5 Å². The summed E-state index contributed by atoms with van der Waals surface area (Å²) in [6.07, 6.45) is -3.44. The molecular weight excluding hydrogens is 329 g/mol. The number of carbonyl (C=O) groups is 1. The molecule has 1 fully saturated rings. The van der Waals surface area contributed by atoms with Gasteiger partial charge in [-0.05, 0) is 36.4 Å². The molecule has 0 aliphatic carbocycles. The molecule has 0 spiro atoms. The number of amides is 1. The average molecular weight is 351 g/mol. The Morgan fingerprint density at radius 2 is 2.04 bits per heavy atom. The molecule has 0 radical (unpaired) electrons. The van der Waals surface area contributed by atoms with Crippen LogP contribution in [-0.2, 0) is 11.0 Å². The Bertz CT molecular complexity index is 536. The fraction of sp³-hybridized carbons (Fsp3) is 0.562. The summed E-state index contributed by atoms with van der Waals surface area (Å²) in [4.78, 5) is 14.0. The van der Waals surface area contributed by atoms with Crippen LogP contribution in [0.15, 0.2) is 24.3 Å². The van der Waals surface area contributed by atoms with E-state index in [2.05, 4.69) is 0 Å². The van der Waals surface area contributed by atoms with Crippen molar-refractivity contribution in [3.63, 3.8) is 0 Å². The quantitative estimate of drug-likeness (QED) is 0.904. The number of nitrogens with two attached hydrogens (primary N) is 1. The fourth-order valence-electron chi connectivity index (χ4n) is 2.94. The summed E-state index contributed by atoms with van der Waals surface area (Å²) in [5, 5.41) is 0. The Kier molecular flexibility index (Phi) is 6.89. The first-order valence-electron chi connectivity index (χ1n) is 7.47. The van der Waals surface area contributed by atoms with Crippen molar-refractivity contribution in [2.45, 2.75) is 31.9 Å². The molecule has 1 saturated heterocycles. The molecule has 0 bridgehead atoms. The summed E-state index contributed by atoms with van der Waals surface area (Å²) < 4.78 is 39.1. The van der Waals surface area contributed by atoms with E-state index >= 15 is 0 Å². The van der Waals surface area contributed by atoms with Crippen molar-refractivity contribution in [1.29, 1.82) is 0 Å². The molecule has 1 heterocycles. The highest BCUT2D eigenvalue weighted by molar-refractivity contribution is 5.85. The third-order valence-corrected chi connectivity index (χ3v) is 4.25. The van der Waals surface area contributed by atoms with E-state index in [1.807, 2.05) is 0 Å². The van der Waals surface area contributed by atoms with Crippen LogP contribution in [0.25, 0.3) is 0 Å². The predicted molar refractivity (Wildman–Crippen MR) is 85.5 cm³/mol. The zero-order chi connectivity index (χ0) is 16.3. The minimum absolute atomic E-state index is 0. The molecule has 2 unspecified atom stereocenters. The second kappa shape index (κ2) is 8.02. The van der Waals surface area contributed by atoms with Gasteiger partial charge >= 0.3 is 6.18 Å². The first-order valence-corrected chi connectivity index (χ1v) is 7.47. The molecular formula is C16H22ClF3N2O. The van der Waals surface area contributed by atoms with Gasteiger partial charge in [-0.3, -0.25) is 4.79 Å². The van der Waals surface area contributed by atoms with Crippen LogP contribution in [0.5, 0.6) is 0 Å².